The molecule has 0 spiro atoms. The van der Waals surface area contributed by atoms with E-state index < -0.39 is 6.29 Å². The standard InChI is InChI=1S/C3H8O3.CH4O/c1-6-3(5)2-4;1-2/h3-5H,2H2,1H3;2H,1H3. The summed E-state index contributed by atoms with van der Waals surface area (Å²) in [6, 6.07) is 0. The van der Waals surface area contributed by atoms with Gasteiger partial charge in [0.25, 0.3) is 0 Å². The van der Waals surface area contributed by atoms with Crippen LogP contribution in [0.3, 0.4) is 0 Å². The molecule has 52 valence electrons. The monoisotopic (exact) mass is 124 g/mol. The molecule has 0 radical (unpaired) electrons. The molecule has 0 aromatic carbocycles. The van der Waals surface area contributed by atoms with Crippen molar-refractivity contribution in [2.24, 2.45) is 0 Å². The van der Waals surface area contributed by atoms with Gasteiger partial charge in [0.2, 0.25) is 0 Å². The third kappa shape index (κ3) is 9.28. The SMILES string of the molecule is CO.COC(O)CO. The summed E-state index contributed by atoms with van der Waals surface area (Å²) in [5, 5.41) is 23.2. The second kappa shape index (κ2) is 9.96. The van der Waals surface area contributed by atoms with E-state index in [0.717, 1.165) is 7.11 Å². The first-order valence-electron chi connectivity index (χ1n) is 2.07. The molecular weight excluding hydrogens is 112 g/mol. The topological polar surface area (TPSA) is 69.9 Å². The van der Waals surface area contributed by atoms with Gasteiger partial charge in [0.15, 0.2) is 6.29 Å². The molecule has 0 saturated carbocycles. The van der Waals surface area contributed by atoms with Crippen LogP contribution in [0.4, 0.5) is 0 Å². The Morgan fingerprint density at radius 1 is 1.50 bits per heavy atom. The van der Waals surface area contributed by atoms with Crippen LogP contribution >= 0.6 is 0 Å². The first-order chi connectivity index (χ1) is 3.81. The van der Waals surface area contributed by atoms with E-state index in [0.29, 0.717) is 0 Å². The van der Waals surface area contributed by atoms with E-state index >= 15 is 0 Å². The summed E-state index contributed by atoms with van der Waals surface area (Å²) in [5.74, 6) is 0. The van der Waals surface area contributed by atoms with Crippen LogP contribution in [0.25, 0.3) is 0 Å². The number of hydrogen-bond donors (Lipinski definition) is 3. The maximum Gasteiger partial charge on any atom is 0.177 e. The van der Waals surface area contributed by atoms with Crippen LogP contribution in [-0.4, -0.2) is 42.4 Å². The average molecular weight is 124 g/mol. The van der Waals surface area contributed by atoms with Gasteiger partial charge in [-0.2, -0.15) is 0 Å². The molecule has 0 aliphatic carbocycles. The molecule has 4 heteroatoms. The molecule has 0 heterocycles. The lowest BCUT2D eigenvalue weighted by molar-refractivity contribution is -0.102. The van der Waals surface area contributed by atoms with Crippen molar-refractivity contribution in [3.63, 3.8) is 0 Å². The van der Waals surface area contributed by atoms with Crippen molar-refractivity contribution in [3.05, 3.63) is 0 Å². The van der Waals surface area contributed by atoms with Crippen LogP contribution < -0.4 is 0 Å². The highest BCUT2D eigenvalue weighted by molar-refractivity contribution is 4.25. The zero-order chi connectivity index (χ0) is 6.99. The molecule has 8 heavy (non-hydrogen) atoms. The molecule has 3 N–H and O–H groups in total. The lowest BCUT2D eigenvalue weighted by Crippen LogP contribution is -2.12. The van der Waals surface area contributed by atoms with Gasteiger partial charge in [-0.3, -0.25) is 0 Å². The van der Waals surface area contributed by atoms with Crippen molar-refractivity contribution >= 4 is 0 Å². The van der Waals surface area contributed by atoms with Gasteiger partial charge in [0.05, 0.1) is 6.61 Å². The summed E-state index contributed by atoms with van der Waals surface area (Å²) in [4.78, 5) is 0. The Hall–Kier alpha value is -0.160. The minimum Gasteiger partial charge on any atom is -0.400 e. The minimum atomic E-state index is -1.01. The number of aliphatic hydroxyl groups is 3. The fourth-order valence-electron chi connectivity index (χ4n) is 0.0745. The average Bonchev–Trinajstić information content (AvgIpc) is 1.91. The van der Waals surface area contributed by atoms with Crippen molar-refractivity contribution in [3.8, 4) is 0 Å². The second-order valence-corrected chi connectivity index (χ2v) is 0.873. The molecule has 0 aliphatic rings. The van der Waals surface area contributed by atoms with Gasteiger partial charge in [-0.25, -0.2) is 0 Å². The fraction of sp³-hybridized carbons (Fsp3) is 1.00. The van der Waals surface area contributed by atoms with Gasteiger partial charge in [-0.15, -0.1) is 0 Å². The van der Waals surface area contributed by atoms with Crippen molar-refractivity contribution in [1.29, 1.82) is 0 Å². The second-order valence-electron chi connectivity index (χ2n) is 0.873. The Bertz CT molecular complexity index is 27.2. The Balaban J connectivity index is 0. The molecule has 0 fully saturated rings. The lowest BCUT2D eigenvalue weighted by Gasteiger charge is -1.99. The van der Waals surface area contributed by atoms with E-state index in [1.54, 1.807) is 0 Å². The van der Waals surface area contributed by atoms with Crippen LogP contribution in [0.2, 0.25) is 0 Å². The summed E-state index contributed by atoms with van der Waals surface area (Å²) in [7, 11) is 2.32. The van der Waals surface area contributed by atoms with Crippen LogP contribution in [0.5, 0.6) is 0 Å². The maximum absolute atomic E-state index is 8.19. The fourth-order valence-corrected chi connectivity index (χ4v) is 0.0745. The quantitative estimate of drug-likeness (QED) is 0.394. The zero-order valence-corrected chi connectivity index (χ0v) is 5.03. The summed E-state index contributed by atoms with van der Waals surface area (Å²) in [6.45, 7) is -0.337. The van der Waals surface area contributed by atoms with Gasteiger partial charge < -0.3 is 20.1 Å². The molecule has 0 aliphatic heterocycles. The predicted octanol–water partition coefficient (Wildman–Crippen LogP) is -1.45. The van der Waals surface area contributed by atoms with Crippen molar-refractivity contribution in [2.45, 2.75) is 6.29 Å². The number of aliphatic hydroxyl groups excluding tert-OH is 3. The third-order valence-electron chi connectivity index (χ3n) is 0.428. The van der Waals surface area contributed by atoms with E-state index in [9.17, 15) is 0 Å². The summed E-state index contributed by atoms with van der Waals surface area (Å²) in [5.41, 5.74) is 0. The molecule has 1 atom stereocenters. The highest BCUT2D eigenvalue weighted by atomic mass is 16.6. The van der Waals surface area contributed by atoms with Crippen molar-refractivity contribution in [2.75, 3.05) is 20.8 Å². The van der Waals surface area contributed by atoms with E-state index in [1.165, 1.54) is 7.11 Å². The molecule has 0 amide bonds. The Morgan fingerprint density at radius 3 is 1.88 bits per heavy atom. The van der Waals surface area contributed by atoms with Gasteiger partial charge in [-0.05, 0) is 0 Å². The van der Waals surface area contributed by atoms with E-state index in [4.69, 9.17) is 15.3 Å². The molecule has 0 rings (SSSR count). The van der Waals surface area contributed by atoms with Crippen LogP contribution in [-0.2, 0) is 4.74 Å². The molecule has 0 bridgehead atoms. The molecule has 4 nitrogen and oxygen atoms in total. The van der Waals surface area contributed by atoms with E-state index in [1.807, 2.05) is 0 Å². The Kier molecular flexibility index (Phi) is 13.4. The zero-order valence-electron chi connectivity index (χ0n) is 5.03. The van der Waals surface area contributed by atoms with Crippen LogP contribution in [0.1, 0.15) is 0 Å². The normalized spacial score (nSPS) is 11.6. The van der Waals surface area contributed by atoms with Crippen molar-refractivity contribution < 1.29 is 20.1 Å². The largest absolute Gasteiger partial charge is 0.400 e. The number of hydrogen-bond acceptors (Lipinski definition) is 4. The molecular formula is C4H12O4. The van der Waals surface area contributed by atoms with E-state index in [-0.39, 0.29) is 6.61 Å². The minimum absolute atomic E-state index is 0.337. The highest BCUT2D eigenvalue weighted by Crippen LogP contribution is 1.75. The number of ether oxygens (including phenoxy) is 1. The highest BCUT2D eigenvalue weighted by Gasteiger charge is 1.92. The van der Waals surface area contributed by atoms with Crippen molar-refractivity contribution in [1.82, 2.24) is 0 Å². The molecule has 0 aromatic rings. The molecule has 0 aromatic heterocycles. The lowest BCUT2D eigenvalue weighted by atomic mass is 10.7. The van der Waals surface area contributed by atoms with Crippen LogP contribution in [0, 0.1) is 0 Å². The van der Waals surface area contributed by atoms with Gasteiger partial charge >= 0.3 is 0 Å². The predicted molar refractivity (Wildman–Crippen MR) is 28.2 cm³/mol. The first kappa shape index (κ1) is 10.8. The van der Waals surface area contributed by atoms with Gasteiger partial charge in [0.1, 0.15) is 0 Å². The van der Waals surface area contributed by atoms with Gasteiger partial charge in [0, 0.05) is 14.2 Å². The Morgan fingerprint density at radius 2 is 1.88 bits per heavy atom. The summed E-state index contributed by atoms with van der Waals surface area (Å²) in [6.07, 6.45) is -1.01. The molecule has 1 unspecified atom stereocenters. The Labute approximate surface area is 48.3 Å². The van der Waals surface area contributed by atoms with E-state index in [2.05, 4.69) is 4.74 Å². The summed E-state index contributed by atoms with van der Waals surface area (Å²) < 4.78 is 4.20. The summed E-state index contributed by atoms with van der Waals surface area (Å²) >= 11 is 0. The third-order valence-corrected chi connectivity index (χ3v) is 0.428. The first-order valence-corrected chi connectivity index (χ1v) is 2.07. The van der Waals surface area contributed by atoms with Gasteiger partial charge in [-0.1, -0.05) is 0 Å². The number of rotatable bonds is 2. The maximum atomic E-state index is 8.19. The molecule has 0 saturated heterocycles. The number of methoxy groups -OCH3 is 1. The van der Waals surface area contributed by atoms with Crippen LogP contribution in [0.15, 0.2) is 0 Å². The smallest absolute Gasteiger partial charge is 0.177 e.